The molecule has 7 heteroatoms. The van der Waals surface area contributed by atoms with E-state index in [9.17, 15) is 4.79 Å². The molecule has 1 fully saturated rings. The number of carbonyl (C=O) groups excluding carboxylic acids is 1. The Kier molecular flexibility index (Phi) is 5.53. The van der Waals surface area contributed by atoms with Crippen LogP contribution in [0.1, 0.15) is 35.8 Å². The Balaban J connectivity index is 1.52. The predicted molar refractivity (Wildman–Crippen MR) is 115 cm³/mol. The molecule has 3 aromatic rings. The largest absolute Gasteiger partial charge is 0.368 e. The van der Waals surface area contributed by atoms with Gasteiger partial charge in [0, 0.05) is 43.1 Å². The lowest BCUT2D eigenvalue weighted by Crippen LogP contribution is -2.49. The molecule has 1 saturated heterocycles. The molecule has 0 N–H and O–H groups in total. The van der Waals surface area contributed by atoms with Crippen molar-refractivity contribution in [1.29, 1.82) is 0 Å². The molecule has 0 spiro atoms. The third-order valence-corrected chi connectivity index (χ3v) is 5.46. The number of amides is 1. The molecule has 4 rings (SSSR count). The maximum atomic E-state index is 13.3. The van der Waals surface area contributed by atoms with Crippen LogP contribution in [0.15, 0.2) is 54.9 Å². The van der Waals surface area contributed by atoms with E-state index in [0.29, 0.717) is 18.7 Å². The molecule has 1 aromatic carbocycles. The van der Waals surface area contributed by atoms with Gasteiger partial charge in [-0.25, -0.2) is 9.67 Å². The number of benzene rings is 1. The fraction of sp³-hybridized carbons (Fsp3) is 0.318. The standard InChI is InChI=1S/C22H24ClN5O/c1-16(2)21-19(15-25-28(21)20-5-3-4-10-24-20)22(29)27-13-11-26(12-14-27)18-8-6-17(23)7-9-18/h3-10,15-16H,11-14H2,1-2H3. The third-order valence-electron chi connectivity index (χ3n) is 5.21. The summed E-state index contributed by atoms with van der Waals surface area (Å²) in [4.78, 5) is 21.9. The fourth-order valence-electron chi connectivity index (χ4n) is 3.73. The normalized spacial score (nSPS) is 14.5. The van der Waals surface area contributed by atoms with Crippen LogP contribution in [-0.4, -0.2) is 51.8 Å². The number of piperazine rings is 1. The highest BCUT2D eigenvalue weighted by Gasteiger charge is 2.27. The first-order valence-corrected chi connectivity index (χ1v) is 10.2. The van der Waals surface area contributed by atoms with Crippen LogP contribution in [0.4, 0.5) is 5.69 Å². The number of pyridine rings is 1. The molecule has 0 atom stereocenters. The first-order valence-electron chi connectivity index (χ1n) is 9.83. The molecule has 1 amide bonds. The number of halogens is 1. The molecule has 0 bridgehead atoms. The van der Waals surface area contributed by atoms with Gasteiger partial charge in [-0.05, 0) is 42.3 Å². The van der Waals surface area contributed by atoms with E-state index in [1.165, 1.54) is 0 Å². The molecule has 150 valence electrons. The number of carbonyl (C=O) groups is 1. The zero-order chi connectivity index (χ0) is 20.4. The van der Waals surface area contributed by atoms with Crippen LogP contribution in [0.5, 0.6) is 0 Å². The molecule has 2 aromatic heterocycles. The first-order chi connectivity index (χ1) is 14.0. The van der Waals surface area contributed by atoms with E-state index in [0.717, 1.165) is 35.3 Å². The summed E-state index contributed by atoms with van der Waals surface area (Å²) in [7, 11) is 0. The van der Waals surface area contributed by atoms with Gasteiger partial charge in [0.1, 0.15) is 0 Å². The van der Waals surface area contributed by atoms with Crippen LogP contribution in [0.2, 0.25) is 5.02 Å². The smallest absolute Gasteiger partial charge is 0.257 e. The van der Waals surface area contributed by atoms with Crippen molar-refractivity contribution in [2.75, 3.05) is 31.1 Å². The summed E-state index contributed by atoms with van der Waals surface area (Å²) in [6.07, 6.45) is 3.41. The van der Waals surface area contributed by atoms with Crippen molar-refractivity contribution in [2.45, 2.75) is 19.8 Å². The van der Waals surface area contributed by atoms with Gasteiger partial charge in [0.05, 0.1) is 17.5 Å². The average molecular weight is 410 g/mol. The summed E-state index contributed by atoms with van der Waals surface area (Å²) >= 11 is 5.99. The Labute approximate surface area is 175 Å². The van der Waals surface area contributed by atoms with Gasteiger partial charge in [-0.2, -0.15) is 5.10 Å². The second-order valence-electron chi connectivity index (χ2n) is 7.45. The van der Waals surface area contributed by atoms with E-state index in [1.54, 1.807) is 17.1 Å². The summed E-state index contributed by atoms with van der Waals surface area (Å²) in [6.45, 7) is 7.08. The molecule has 1 aliphatic heterocycles. The minimum absolute atomic E-state index is 0.0339. The lowest BCUT2D eigenvalue weighted by atomic mass is 10.0. The molecular weight excluding hydrogens is 386 g/mol. The molecule has 0 unspecified atom stereocenters. The van der Waals surface area contributed by atoms with Gasteiger partial charge in [0.15, 0.2) is 5.82 Å². The van der Waals surface area contributed by atoms with E-state index < -0.39 is 0 Å². The van der Waals surface area contributed by atoms with E-state index in [-0.39, 0.29) is 11.8 Å². The van der Waals surface area contributed by atoms with Gasteiger partial charge in [-0.3, -0.25) is 4.79 Å². The molecule has 1 aliphatic rings. The van der Waals surface area contributed by atoms with Crippen molar-refractivity contribution in [3.05, 3.63) is 71.1 Å². The highest BCUT2D eigenvalue weighted by molar-refractivity contribution is 6.30. The summed E-state index contributed by atoms with van der Waals surface area (Å²) in [5.41, 5.74) is 2.69. The Hall–Kier alpha value is -2.86. The van der Waals surface area contributed by atoms with Crippen LogP contribution in [0.25, 0.3) is 5.82 Å². The molecule has 0 saturated carbocycles. The number of rotatable bonds is 4. The van der Waals surface area contributed by atoms with Crippen LogP contribution in [0, 0.1) is 0 Å². The van der Waals surface area contributed by atoms with Gasteiger partial charge in [0.25, 0.3) is 5.91 Å². The Bertz CT molecular complexity index is 976. The Morgan fingerprint density at radius 2 is 1.76 bits per heavy atom. The van der Waals surface area contributed by atoms with E-state index in [4.69, 9.17) is 11.6 Å². The number of anilines is 1. The van der Waals surface area contributed by atoms with Crippen LogP contribution in [-0.2, 0) is 0 Å². The van der Waals surface area contributed by atoms with Crippen LogP contribution >= 0.6 is 11.6 Å². The number of aromatic nitrogens is 3. The Morgan fingerprint density at radius 1 is 1.03 bits per heavy atom. The van der Waals surface area contributed by atoms with Crippen LogP contribution in [0.3, 0.4) is 0 Å². The second kappa shape index (κ2) is 8.25. The predicted octanol–water partition coefficient (Wildman–Crippen LogP) is 4.01. The van der Waals surface area contributed by atoms with Crippen LogP contribution < -0.4 is 4.90 Å². The topological polar surface area (TPSA) is 54.3 Å². The molecule has 0 aliphatic carbocycles. The Morgan fingerprint density at radius 3 is 2.38 bits per heavy atom. The van der Waals surface area contributed by atoms with Gasteiger partial charge in [0.2, 0.25) is 0 Å². The van der Waals surface area contributed by atoms with E-state index in [1.807, 2.05) is 47.4 Å². The molecule has 0 radical (unpaired) electrons. The summed E-state index contributed by atoms with van der Waals surface area (Å²) < 4.78 is 1.78. The number of hydrogen-bond donors (Lipinski definition) is 0. The fourth-order valence-corrected chi connectivity index (χ4v) is 3.86. The van der Waals surface area contributed by atoms with E-state index in [2.05, 4.69) is 28.8 Å². The monoisotopic (exact) mass is 409 g/mol. The van der Waals surface area contributed by atoms with Crippen molar-refractivity contribution in [2.24, 2.45) is 0 Å². The average Bonchev–Trinajstić information content (AvgIpc) is 3.20. The minimum Gasteiger partial charge on any atom is -0.368 e. The van der Waals surface area contributed by atoms with Crippen molar-refractivity contribution in [3.63, 3.8) is 0 Å². The van der Waals surface area contributed by atoms with Gasteiger partial charge in [-0.15, -0.1) is 0 Å². The minimum atomic E-state index is 0.0339. The van der Waals surface area contributed by atoms with Crippen molar-refractivity contribution < 1.29 is 4.79 Å². The molecular formula is C22H24ClN5O. The highest BCUT2D eigenvalue weighted by atomic mass is 35.5. The lowest BCUT2D eigenvalue weighted by Gasteiger charge is -2.36. The summed E-state index contributed by atoms with van der Waals surface area (Å²) in [5.74, 6) is 0.906. The summed E-state index contributed by atoms with van der Waals surface area (Å²) in [5, 5.41) is 5.21. The molecule has 29 heavy (non-hydrogen) atoms. The van der Waals surface area contributed by atoms with Crippen molar-refractivity contribution in [3.8, 4) is 5.82 Å². The van der Waals surface area contributed by atoms with Gasteiger partial charge < -0.3 is 9.80 Å². The maximum Gasteiger partial charge on any atom is 0.257 e. The van der Waals surface area contributed by atoms with Gasteiger partial charge >= 0.3 is 0 Å². The molecule has 6 nitrogen and oxygen atoms in total. The zero-order valence-corrected chi connectivity index (χ0v) is 17.4. The van der Waals surface area contributed by atoms with E-state index >= 15 is 0 Å². The number of nitrogens with zero attached hydrogens (tertiary/aromatic N) is 5. The quantitative estimate of drug-likeness (QED) is 0.653. The third kappa shape index (κ3) is 3.98. The summed E-state index contributed by atoms with van der Waals surface area (Å²) in [6, 6.07) is 13.5. The van der Waals surface area contributed by atoms with Gasteiger partial charge in [-0.1, -0.05) is 31.5 Å². The maximum absolute atomic E-state index is 13.3. The zero-order valence-electron chi connectivity index (χ0n) is 16.6. The lowest BCUT2D eigenvalue weighted by molar-refractivity contribution is 0.0745. The SMILES string of the molecule is CC(C)c1c(C(=O)N2CCN(c3ccc(Cl)cc3)CC2)cnn1-c1ccccn1. The van der Waals surface area contributed by atoms with Crippen molar-refractivity contribution in [1.82, 2.24) is 19.7 Å². The van der Waals surface area contributed by atoms with Crippen molar-refractivity contribution >= 4 is 23.2 Å². The first kappa shape index (κ1) is 19.5. The second-order valence-corrected chi connectivity index (χ2v) is 7.89. The highest BCUT2D eigenvalue weighted by Crippen LogP contribution is 2.25. The number of hydrogen-bond acceptors (Lipinski definition) is 4. The molecule has 3 heterocycles.